The van der Waals surface area contributed by atoms with E-state index in [-0.39, 0.29) is 5.91 Å². The summed E-state index contributed by atoms with van der Waals surface area (Å²) in [5, 5.41) is 3.33. The van der Waals surface area contributed by atoms with Crippen molar-refractivity contribution in [2.24, 2.45) is 0 Å². The summed E-state index contributed by atoms with van der Waals surface area (Å²) in [7, 11) is 3.29. The number of carbonyl (C=O) groups excluding carboxylic acids is 2. The number of nitrogens with zero attached hydrogens (tertiary/aromatic N) is 4. The van der Waals surface area contributed by atoms with Gasteiger partial charge in [0.05, 0.1) is 7.11 Å². The molecule has 3 rings (SSSR count). The number of carbonyl (C=O) groups is 2. The molecule has 0 radical (unpaired) electrons. The van der Waals surface area contributed by atoms with Crippen LogP contribution in [0.2, 0.25) is 0 Å². The van der Waals surface area contributed by atoms with E-state index in [1.54, 1.807) is 11.1 Å². The maximum Gasteiger partial charge on any atom is 0.406 e. The van der Waals surface area contributed by atoms with Crippen molar-refractivity contribution in [3.63, 3.8) is 0 Å². The van der Waals surface area contributed by atoms with Crippen LogP contribution in [0.3, 0.4) is 0 Å². The van der Waals surface area contributed by atoms with Gasteiger partial charge in [-0.3, -0.25) is 4.79 Å². The lowest BCUT2D eigenvalue weighted by molar-refractivity contribution is 0.0989. The molecule has 0 spiro atoms. The van der Waals surface area contributed by atoms with Gasteiger partial charge in [-0.25, -0.2) is 14.8 Å². The molecule has 1 N–H and O–H groups in total. The van der Waals surface area contributed by atoms with Gasteiger partial charge in [-0.1, -0.05) is 23.9 Å². The number of nitrogens with one attached hydrogen (secondary N) is 1. The Morgan fingerprint density at radius 1 is 1.34 bits per heavy atom. The fourth-order valence-electron chi connectivity index (χ4n) is 3.18. The second-order valence-corrected chi connectivity index (χ2v) is 7.44. The van der Waals surface area contributed by atoms with Crippen LogP contribution in [0.15, 0.2) is 35.6 Å². The molecule has 29 heavy (non-hydrogen) atoms. The molecule has 1 aliphatic rings. The highest BCUT2D eigenvalue weighted by atomic mass is 32.2. The number of ether oxygens (including phenoxy) is 1. The third-order valence-corrected chi connectivity index (χ3v) is 5.31. The Balaban J connectivity index is 1.76. The van der Waals surface area contributed by atoms with Gasteiger partial charge in [-0.15, -0.1) is 0 Å². The molecule has 8 nitrogen and oxygen atoms in total. The molecule has 0 fully saturated rings. The average Bonchev–Trinajstić information content (AvgIpc) is 2.87. The summed E-state index contributed by atoms with van der Waals surface area (Å²) < 4.78 is 4.57. The molecule has 2 amide bonds. The van der Waals surface area contributed by atoms with E-state index in [4.69, 9.17) is 0 Å². The number of thioether (sulfide) groups is 1. The SMILES string of the molecule is COC(=O)NCCCc1cccc(N2CCN(C)c3nc(SC)ncc3C2=O)c1. The first-order valence-electron chi connectivity index (χ1n) is 9.38. The molecule has 0 aliphatic carbocycles. The largest absolute Gasteiger partial charge is 0.453 e. The summed E-state index contributed by atoms with van der Waals surface area (Å²) in [5.41, 5.74) is 2.47. The number of rotatable bonds is 6. The van der Waals surface area contributed by atoms with Crippen LogP contribution in [0.1, 0.15) is 22.3 Å². The first-order valence-corrected chi connectivity index (χ1v) is 10.6. The molecule has 0 saturated carbocycles. The number of aromatic nitrogens is 2. The molecule has 0 bridgehead atoms. The summed E-state index contributed by atoms with van der Waals surface area (Å²) in [6, 6.07) is 7.95. The fourth-order valence-corrected chi connectivity index (χ4v) is 3.52. The summed E-state index contributed by atoms with van der Waals surface area (Å²) >= 11 is 1.46. The molecule has 2 heterocycles. The highest BCUT2D eigenvalue weighted by Gasteiger charge is 2.28. The minimum atomic E-state index is -0.427. The van der Waals surface area contributed by atoms with Crippen molar-refractivity contribution in [2.45, 2.75) is 18.0 Å². The first kappa shape index (κ1) is 20.9. The minimum Gasteiger partial charge on any atom is -0.453 e. The maximum absolute atomic E-state index is 13.2. The van der Waals surface area contributed by atoms with E-state index >= 15 is 0 Å². The van der Waals surface area contributed by atoms with Gasteiger partial charge in [0, 0.05) is 38.6 Å². The van der Waals surface area contributed by atoms with E-state index in [1.807, 2.05) is 42.5 Å². The molecule has 0 atom stereocenters. The number of likely N-dealkylation sites (N-methyl/N-ethyl adjacent to an activating group) is 1. The Kier molecular flexibility index (Phi) is 6.92. The second kappa shape index (κ2) is 9.60. The van der Waals surface area contributed by atoms with Crippen molar-refractivity contribution in [1.29, 1.82) is 0 Å². The molecule has 1 aromatic heterocycles. The predicted molar refractivity (Wildman–Crippen MR) is 114 cm³/mol. The topological polar surface area (TPSA) is 87.7 Å². The van der Waals surface area contributed by atoms with Gasteiger partial charge < -0.3 is 19.9 Å². The number of fused-ring (bicyclic) bond motifs is 1. The van der Waals surface area contributed by atoms with E-state index < -0.39 is 6.09 Å². The average molecular weight is 416 g/mol. The normalized spacial score (nSPS) is 13.7. The number of benzene rings is 1. The molecule has 1 aromatic carbocycles. The number of methoxy groups -OCH3 is 1. The van der Waals surface area contributed by atoms with Crippen LogP contribution < -0.4 is 15.1 Å². The molecule has 2 aromatic rings. The predicted octanol–water partition coefficient (Wildman–Crippen LogP) is 2.58. The monoisotopic (exact) mass is 415 g/mol. The van der Waals surface area contributed by atoms with Gasteiger partial charge in [-0.05, 0) is 36.8 Å². The van der Waals surface area contributed by atoms with Gasteiger partial charge in [0.25, 0.3) is 5.91 Å². The molecule has 0 unspecified atom stereocenters. The number of alkyl carbamates (subject to hydrolysis) is 1. The Bertz CT molecular complexity index is 892. The quantitative estimate of drug-likeness (QED) is 0.441. The summed E-state index contributed by atoms with van der Waals surface area (Å²) in [6.45, 7) is 1.78. The lowest BCUT2D eigenvalue weighted by Crippen LogP contribution is -2.33. The summed E-state index contributed by atoms with van der Waals surface area (Å²) in [5.74, 6) is 0.573. The van der Waals surface area contributed by atoms with Gasteiger partial charge in [0.1, 0.15) is 11.4 Å². The summed E-state index contributed by atoms with van der Waals surface area (Å²) in [4.78, 5) is 36.9. The van der Waals surface area contributed by atoms with E-state index in [1.165, 1.54) is 18.9 Å². The van der Waals surface area contributed by atoms with Crippen LogP contribution in [0.25, 0.3) is 0 Å². The minimum absolute atomic E-state index is 0.0958. The van der Waals surface area contributed by atoms with Gasteiger partial charge in [-0.2, -0.15) is 0 Å². The van der Waals surface area contributed by atoms with E-state index in [0.29, 0.717) is 36.2 Å². The van der Waals surface area contributed by atoms with Crippen LogP contribution in [-0.2, 0) is 11.2 Å². The first-order chi connectivity index (χ1) is 14.0. The van der Waals surface area contributed by atoms with Crippen molar-refractivity contribution in [3.8, 4) is 0 Å². The van der Waals surface area contributed by atoms with Crippen molar-refractivity contribution in [1.82, 2.24) is 15.3 Å². The molecule has 9 heteroatoms. The lowest BCUT2D eigenvalue weighted by atomic mass is 10.1. The number of hydrogen-bond acceptors (Lipinski definition) is 7. The van der Waals surface area contributed by atoms with Crippen molar-refractivity contribution in [2.75, 3.05) is 49.8 Å². The highest BCUT2D eigenvalue weighted by molar-refractivity contribution is 7.98. The van der Waals surface area contributed by atoms with Crippen LogP contribution in [0, 0.1) is 0 Å². The number of anilines is 2. The lowest BCUT2D eigenvalue weighted by Gasteiger charge is -2.21. The number of hydrogen-bond donors (Lipinski definition) is 1. The standard InChI is InChI=1S/C20H25N5O3S/c1-24-10-11-25(18(26)16-13-22-19(29-3)23-17(16)24)15-8-4-6-14(12-15)7-5-9-21-20(27)28-2/h4,6,8,12-13H,5,7,9-11H2,1-3H3,(H,21,27). The number of amides is 2. The van der Waals surface area contributed by atoms with Crippen molar-refractivity contribution < 1.29 is 14.3 Å². The molecule has 154 valence electrons. The van der Waals surface area contributed by atoms with E-state index in [9.17, 15) is 9.59 Å². The molecular formula is C20H25N5O3S. The maximum atomic E-state index is 13.2. The van der Waals surface area contributed by atoms with E-state index in [0.717, 1.165) is 24.1 Å². The zero-order valence-electron chi connectivity index (χ0n) is 16.8. The summed E-state index contributed by atoms with van der Waals surface area (Å²) in [6.07, 6.45) is 4.68. The Morgan fingerprint density at radius 2 is 2.17 bits per heavy atom. The third kappa shape index (κ3) is 4.97. The Morgan fingerprint density at radius 3 is 2.93 bits per heavy atom. The van der Waals surface area contributed by atoms with E-state index in [2.05, 4.69) is 20.0 Å². The fraction of sp³-hybridized carbons (Fsp3) is 0.400. The van der Waals surface area contributed by atoms with Gasteiger partial charge >= 0.3 is 6.09 Å². The smallest absolute Gasteiger partial charge is 0.406 e. The third-order valence-electron chi connectivity index (χ3n) is 4.74. The molecular weight excluding hydrogens is 390 g/mol. The zero-order valence-corrected chi connectivity index (χ0v) is 17.7. The van der Waals surface area contributed by atoms with Crippen molar-refractivity contribution in [3.05, 3.63) is 41.6 Å². The van der Waals surface area contributed by atoms with Crippen LogP contribution in [0.5, 0.6) is 0 Å². The molecule has 0 saturated heterocycles. The van der Waals surface area contributed by atoms with Gasteiger partial charge in [0.15, 0.2) is 5.16 Å². The van der Waals surface area contributed by atoms with Crippen LogP contribution >= 0.6 is 11.8 Å². The highest BCUT2D eigenvalue weighted by Crippen LogP contribution is 2.27. The second-order valence-electron chi connectivity index (χ2n) is 6.66. The van der Waals surface area contributed by atoms with Crippen LogP contribution in [0.4, 0.5) is 16.3 Å². The Hall–Kier alpha value is -2.81. The van der Waals surface area contributed by atoms with Crippen LogP contribution in [-0.4, -0.2) is 62.0 Å². The van der Waals surface area contributed by atoms with Crippen molar-refractivity contribution >= 4 is 35.3 Å². The van der Waals surface area contributed by atoms with Gasteiger partial charge in [0.2, 0.25) is 0 Å². The number of aryl methyl sites for hydroxylation is 1. The molecule has 1 aliphatic heterocycles. The zero-order chi connectivity index (χ0) is 20.8. The Labute approximate surface area is 174 Å².